The summed E-state index contributed by atoms with van der Waals surface area (Å²) < 4.78 is 46.6. The number of nitrogens with zero attached hydrogens (tertiary/aromatic N) is 2. The van der Waals surface area contributed by atoms with Gasteiger partial charge in [-0.25, -0.2) is 0 Å². The van der Waals surface area contributed by atoms with E-state index in [1.807, 2.05) is 18.7 Å². The fourth-order valence-electron chi connectivity index (χ4n) is 4.71. The highest BCUT2D eigenvalue weighted by atomic mass is 19.4. The van der Waals surface area contributed by atoms with E-state index in [1.54, 1.807) is 12.1 Å². The van der Waals surface area contributed by atoms with Crippen LogP contribution in [0.5, 0.6) is 5.75 Å². The van der Waals surface area contributed by atoms with Crippen LogP contribution in [0.2, 0.25) is 0 Å². The summed E-state index contributed by atoms with van der Waals surface area (Å²) >= 11 is 0. The molecule has 1 unspecified atom stereocenters. The average Bonchev–Trinajstić information content (AvgIpc) is 2.85. The van der Waals surface area contributed by atoms with Gasteiger partial charge in [0.1, 0.15) is 5.75 Å². The van der Waals surface area contributed by atoms with Gasteiger partial charge in [0.2, 0.25) is 0 Å². The lowest BCUT2D eigenvalue weighted by atomic mass is 9.73. The predicted molar refractivity (Wildman–Crippen MR) is 107 cm³/mol. The summed E-state index contributed by atoms with van der Waals surface area (Å²) in [5, 5.41) is 11.1. The number of non-ortho nitro benzene ring substituents is 1. The number of fused-ring (bicyclic) bond motifs is 2. The third-order valence-electron chi connectivity index (χ3n) is 6.28. The summed E-state index contributed by atoms with van der Waals surface area (Å²) in [6.07, 6.45) is -1.77. The number of ether oxygens (including phenoxy) is 1. The molecule has 5 nitrogen and oxygen atoms in total. The Hall–Kier alpha value is -3.03. The van der Waals surface area contributed by atoms with E-state index in [4.69, 9.17) is 4.74 Å². The van der Waals surface area contributed by atoms with Crippen LogP contribution >= 0.6 is 0 Å². The predicted octanol–water partition coefficient (Wildman–Crippen LogP) is 5.62. The van der Waals surface area contributed by atoms with E-state index in [1.165, 1.54) is 24.3 Å². The number of hydrogen-bond donors (Lipinski definition) is 0. The lowest BCUT2D eigenvalue weighted by Crippen LogP contribution is -2.61. The Morgan fingerprint density at radius 2 is 2.00 bits per heavy atom. The first-order valence-electron chi connectivity index (χ1n) is 9.58. The Bertz CT molecular complexity index is 1050. The van der Waals surface area contributed by atoms with Gasteiger partial charge in [0, 0.05) is 36.3 Å². The molecule has 2 aromatic rings. The van der Waals surface area contributed by atoms with Crippen molar-refractivity contribution < 1.29 is 22.8 Å². The van der Waals surface area contributed by atoms with Crippen molar-refractivity contribution in [1.29, 1.82) is 0 Å². The molecule has 0 radical (unpaired) electrons. The van der Waals surface area contributed by atoms with Gasteiger partial charge in [-0.05, 0) is 50.1 Å². The standard InChI is InChI=1S/C22H21F3N2O3/c1-4-11-26-18-7-5-15(22(23,24)25)13-17(18)20(2,3)21(26)10-9-14-12-16(27(28)29)6-8-19(14)30-21/h4-8,12-13H,1,9-11H2,2-3H3. The van der Waals surface area contributed by atoms with Gasteiger partial charge in [-0.3, -0.25) is 10.1 Å². The van der Waals surface area contributed by atoms with Crippen molar-refractivity contribution in [3.63, 3.8) is 0 Å². The molecule has 0 fully saturated rings. The molecule has 8 heteroatoms. The molecule has 1 atom stereocenters. The van der Waals surface area contributed by atoms with Gasteiger partial charge >= 0.3 is 6.18 Å². The molecule has 2 aliphatic rings. The zero-order valence-electron chi connectivity index (χ0n) is 16.6. The zero-order valence-corrected chi connectivity index (χ0v) is 16.6. The number of aryl methyl sites for hydroxylation is 1. The van der Waals surface area contributed by atoms with Crippen LogP contribution in [-0.2, 0) is 18.0 Å². The molecule has 158 valence electrons. The van der Waals surface area contributed by atoms with E-state index in [0.717, 1.165) is 11.6 Å². The molecular weight excluding hydrogens is 397 g/mol. The van der Waals surface area contributed by atoms with Crippen LogP contribution in [-0.4, -0.2) is 17.2 Å². The van der Waals surface area contributed by atoms with Crippen molar-refractivity contribution in [1.82, 2.24) is 0 Å². The van der Waals surface area contributed by atoms with Crippen LogP contribution in [0.4, 0.5) is 24.5 Å². The van der Waals surface area contributed by atoms with Crippen LogP contribution in [0.15, 0.2) is 49.1 Å². The first-order chi connectivity index (χ1) is 14.0. The number of hydrogen-bond acceptors (Lipinski definition) is 4. The second-order valence-electron chi connectivity index (χ2n) is 8.19. The number of benzene rings is 2. The topological polar surface area (TPSA) is 55.6 Å². The van der Waals surface area contributed by atoms with Crippen LogP contribution in [0.1, 0.15) is 37.0 Å². The van der Waals surface area contributed by atoms with Crippen LogP contribution < -0.4 is 9.64 Å². The molecule has 4 rings (SSSR count). The lowest BCUT2D eigenvalue weighted by Gasteiger charge is -2.49. The molecule has 2 heterocycles. The maximum Gasteiger partial charge on any atom is 0.416 e. The third kappa shape index (κ3) is 2.77. The highest BCUT2D eigenvalue weighted by Crippen LogP contribution is 2.57. The number of nitro groups is 1. The summed E-state index contributed by atoms with van der Waals surface area (Å²) in [5.41, 5.74) is -0.459. The van der Waals surface area contributed by atoms with Gasteiger partial charge in [0.05, 0.1) is 15.9 Å². The first kappa shape index (κ1) is 20.3. The Labute approximate surface area is 171 Å². The Kier molecular flexibility index (Phi) is 4.38. The van der Waals surface area contributed by atoms with Crippen molar-refractivity contribution in [3.8, 4) is 5.75 Å². The largest absolute Gasteiger partial charge is 0.467 e. The average molecular weight is 418 g/mol. The lowest BCUT2D eigenvalue weighted by molar-refractivity contribution is -0.385. The molecule has 0 saturated carbocycles. The van der Waals surface area contributed by atoms with Gasteiger partial charge in [0.25, 0.3) is 5.69 Å². The quantitative estimate of drug-likeness (QED) is 0.369. The minimum absolute atomic E-state index is 0.0139. The fourth-order valence-corrected chi connectivity index (χ4v) is 4.71. The molecular formula is C22H21F3N2O3. The van der Waals surface area contributed by atoms with Crippen molar-refractivity contribution >= 4 is 11.4 Å². The number of nitro benzene ring substituents is 1. The molecule has 2 aliphatic heterocycles. The maximum absolute atomic E-state index is 13.4. The Morgan fingerprint density at radius 1 is 1.27 bits per heavy atom. The smallest absolute Gasteiger partial charge is 0.416 e. The Balaban J connectivity index is 1.84. The number of rotatable bonds is 3. The van der Waals surface area contributed by atoms with Crippen LogP contribution in [0.25, 0.3) is 0 Å². The molecule has 0 amide bonds. The molecule has 1 spiro atoms. The maximum atomic E-state index is 13.4. The molecule has 30 heavy (non-hydrogen) atoms. The van der Waals surface area contributed by atoms with E-state index < -0.39 is 27.8 Å². The van der Waals surface area contributed by atoms with Gasteiger partial charge in [0.15, 0.2) is 5.72 Å². The molecule has 0 N–H and O–H groups in total. The van der Waals surface area contributed by atoms with Crippen molar-refractivity contribution in [2.24, 2.45) is 0 Å². The van der Waals surface area contributed by atoms with E-state index >= 15 is 0 Å². The van der Waals surface area contributed by atoms with Crippen molar-refractivity contribution in [2.45, 2.75) is 44.0 Å². The van der Waals surface area contributed by atoms with Gasteiger partial charge in [-0.2, -0.15) is 13.2 Å². The van der Waals surface area contributed by atoms with E-state index in [2.05, 4.69) is 6.58 Å². The van der Waals surface area contributed by atoms with Crippen molar-refractivity contribution in [2.75, 3.05) is 11.4 Å². The summed E-state index contributed by atoms with van der Waals surface area (Å²) in [5.74, 6) is 0.512. The zero-order chi connectivity index (χ0) is 21.9. The van der Waals surface area contributed by atoms with Crippen molar-refractivity contribution in [3.05, 3.63) is 75.9 Å². The minimum atomic E-state index is -4.44. The number of anilines is 1. The number of alkyl halides is 3. The second kappa shape index (κ2) is 6.48. The summed E-state index contributed by atoms with van der Waals surface area (Å²) in [7, 11) is 0. The van der Waals surface area contributed by atoms with E-state index in [0.29, 0.717) is 36.4 Å². The molecule has 2 aromatic carbocycles. The molecule has 0 bridgehead atoms. The highest BCUT2D eigenvalue weighted by Gasteiger charge is 2.60. The molecule has 0 aromatic heterocycles. The number of halogens is 3. The van der Waals surface area contributed by atoms with Crippen LogP contribution in [0.3, 0.4) is 0 Å². The minimum Gasteiger partial charge on any atom is -0.467 e. The summed E-state index contributed by atoms with van der Waals surface area (Å²) in [4.78, 5) is 12.6. The summed E-state index contributed by atoms with van der Waals surface area (Å²) in [6.45, 7) is 7.96. The monoisotopic (exact) mass is 418 g/mol. The fraction of sp³-hybridized carbons (Fsp3) is 0.364. The van der Waals surface area contributed by atoms with Gasteiger partial charge < -0.3 is 9.64 Å². The first-order valence-corrected chi connectivity index (χ1v) is 9.58. The van der Waals surface area contributed by atoms with E-state index in [-0.39, 0.29) is 5.69 Å². The Morgan fingerprint density at radius 3 is 2.63 bits per heavy atom. The summed E-state index contributed by atoms with van der Waals surface area (Å²) in [6, 6.07) is 8.23. The highest BCUT2D eigenvalue weighted by molar-refractivity contribution is 5.68. The van der Waals surface area contributed by atoms with Gasteiger partial charge in [-0.15, -0.1) is 6.58 Å². The molecule has 0 saturated heterocycles. The third-order valence-corrected chi connectivity index (χ3v) is 6.28. The van der Waals surface area contributed by atoms with E-state index in [9.17, 15) is 23.3 Å². The second-order valence-corrected chi connectivity index (χ2v) is 8.19. The van der Waals surface area contributed by atoms with Crippen LogP contribution in [0, 0.1) is 10.1 Å². The SMILES string of the molecule is C=CCN1c2ccc(C(F)(F)F)cc2C(C)(C)C12CCc1cc([N+](=O)[O-])ccc1O2. The molecule has 0 aliphatic carbocycles. The normalized spacial score (nSPS) is 21.7. The van der Waals surface area contributed by atoms with Gasteiger partial charge in [-0.1, -0.05) is 6.08 Å².